The van der Waals surface area contributed by atoms with Crippen LogP contribution in [-0.4, -0.2) is 49.7 Å². The molecule has 2 N–H and O–H groups in total. The van der Waals surface area contributed by atoms with Crippen LogP contribution in [0.15, 0.2) is 28.6 Å². The molecule has 1 saturated heterocycles. The SMILES string of the molecule is CCN1c2sccc2C(c2cc(OCCN3CCCC3)c(Cl)cc2Cl)=NC1N. The number of anilines is 1. The molecule has 8 heteroatoms. The van der Waals surface area contributed by atoms with Gasteiger partial charge in [-0.15, -0.1) is 11.3 Å². The average molecular weight is 439 g/mol. The van der Waals surface area contributed by atoms with Crippen LogP contribution in [0.1, 0.15) is 30.9 Å². The highest BCUT2D eigenvalue weighted by Gasteiger charge is 2.28. The molecule has 5 nitrogen and oxygen atoms in total. The summed E-state index contributed by atoms with van der Waals surface area (Å²) in [5.41, 5.74) is 8.93. The lowest BCUT2D eigenvalue weighted by molar-refractivity contribution is 0.238. The van der Waals surface area contributed by atoms with Gasteiger partial charge < -0.3 is 9.64 Å². The fourth-order valence-corrected chi connectivity index (χ4v) is 5.28. The quantitative estimate of drug-likeness (QED) is 0.723. The van der Waals surface area contributed by atoms with Crippen molar-refractivity contribution in [1.82, 2.24) is 4.90 Å². The van der Waals surface area contributed by atoms with Gasteiger partial charge in [0, 0.05) is 24.2 Å². The lowest BCUT2D eigenvalue weighted by Crippen LogP contribution is -2.44. The summed E-state index contributed by atoms with van der Waals surface area (Å²) >= 11 is 14.6. The van der Waals surface area contributed by atoms with E-state index in [1.54, 1.807) is 17.4 Å². The highest BCUT2D eigenvalue weighted by molar-refractivity contribution is 7.14. The Labute approximate surface area is 179 Å². The molecule has 1 atom stereocenters. The first-order chi connectivity index (χ1) is 13.6. The number of nitrogens with two attached hydrogens (primary N) is 1. The van der Waals surface area contributed by atoms with Crippen molar-refractivity contribution in [3.63, 3.8) is 0 Å². The maximum atomic E-state index is 6.54. The number of rotatable bonds is 6. The lowest BCUT2D eigenvalue weighted by Gasteiger charge is -2.32. The maximum Gasteiger partial charge on any atom is 0.175 e. The minimum atomic E-state index is -0.433. The van der Waals surface area contributed by atoms with E-state index in [1.165, 1.54) is 12.8 Å². The van der Waals surface area contributed by atoms with E-state index < -0.39 is 6.29 Å². The second-order valence-corrected chi connectivity index (χ2v) is 8.69. The second-order valence-electron chi connectivity index (χ2n) is 6.98. The molecule has 28 heavy (non-hydrogen) atoms. The predicted molar refractivity (Wildman–Crippen MR) is 119 cm³/mol. The minimum Gasteiger partial charge on any atom is -0.491 e. The largest absolute Gasteiger partial charge is 0.491 e. The van der Waals surface area contributed by atoms with Gasteiger partial charge in [0.2, 0.25) is 0 Å². The molecule has 1 aromatic heterocycles. The monoisotopic (exact) mass is 438 g/mol. The Morgan fingerprint density at radius 3 is 2.75 bits per heavy atom. The van der Waals surface area contributed by atoms with E-state index in [2.05, 4.69) is 28.2 Å². The smallest absolute Gasteiger partial charge is 0.175 e. The molecule has 0 spiro atoms. The first-order valence-corrected chi connectivity index (χ1v) is 11.2. The normalized spacial score (nSPS) is 19.6. The molecule has 4 rings (SSSR count). The van der Waals surface area contributed by atoms with Crippen molar-refractivity contribution < 1.29 is 4.74 Å². The van der Waals surface area contributed by atoms with Crippen LogP contribution in [-0.2, 0) is 0 Å². The van der Waals surface area contributed by atoms with Crippen LogP contribution < -0.4 is 15.4 Å². The van der Waals surface area contributed by atoms with Gasteiger partial charge in [-0.1, -0.05) is 23.2 Å². The van der Waals surface area contributed by atoms with E-state index in [-0.39, 0.29) is 0 Å². The molecular weight excluding hydrogens is 415 g/mol. The van der Waals surface area contributed by atoms with Gasteiger partial charge in [0.25, 0.3) is 0 Å². The zero-order valence-electron chi connectivity index (χ0n) is 15.8. The topological polar surface area (TPSA) is 54.1 Å². The Morgan fingerprint density at radius 1 is 1.21 bits per heavy atom. The van der Waals surface area contributed by atoms with Crippen molar-refractivity contribution in [2.75, 3.05) is 37.7 Å². The molecule has 3 heterocycles. The van der Waals surface area contributed by atoms with Gasteiger partial charge in [-0.2, -0.15) is 0 Å². The highest BCUT2D eigenvalue weighted by atomic mass is 35.5. The molecule has 0 saturated carbocycles. The summed E-state index contributed by atoms with van der Waals surface area (Å²) in [5, 5.41) is 4.22. The van der Waals surface area contributed by atoms with Crippen molar-refractivity contribution in [1.29, 1.82) is 0 Å². The van der Waals surface area contributed by atoms with Crippen LogP contribution in [0.25, 0.3) is 0 Å². The number of thiophene rings is 1. The number of hydrogen-bond acceptors (Lipinski definition) is 6. The highest BCUT2D eigenvalue weighted by Crippen LogP contribution is 2.38. The first-order valence-electron chi connectivity index (χ1n) is 9.61. The van der Waals surface area contributed by atoms with Crippen molar-refractivity contribution >= 4 is 45.3 Å². The van der Waals surface area contributed by atoms with Gasteiger partial charge in [-0.25, -0.2) is 4.99 Å². The van der Waals surface area contributed by atoms with Crippen LogP contribution in [0, 0.1) is 0 Å². The average Bonchev–Trinajstić information content (AvgIpc) is 3.35. The van der Waals surface area contributed by atoms with E-state index in [9.17, 15) is 0 Å². The van der Waals surface area contributed by atoms with E-state index in [0.29, 0.717) is 22.4 Å². The van der Waals surface area contributed by atoms with E-state index in [4.69, 9.17) is 38.7 Å². The van der Waals surface area contributed by atoms with E-state index in [0.717, 1.165) is 48.0 Å². The Kier molecular flexibility index (Phi) is 6.13. The molecule has 1 unspecified atom stereocenters. The van der Waals surface area contributed by atoms with Crippen LogP contribution in [0.2, 0.25) is 10.0 Å². The van der Waals surface area contributed by atoms with Gasteiger partial charge in [0.15, 0.2) is 6.29 Å². The summed E-state index contributed by atoms with van der Waals surface area (Å²) in [7, 11) is 0. The molecule has 0 radical (unpaired) electrons. The van der Waals surface area contributed by atoms with Gasteiger partial charge in [-0.3, -0.25) is 10.6 Å². The van der Waals surface area contributed by atoms with E-state index >= 15 is 0 Å². The standard InChI is InChI=1S/C20H24Cl2N4OS/c1-2-26-19-13(5-10-28-19)18(24-20(26)23)14-11-17(16(22)12-15(14)21)27-9-8-25-6-3-4-7-25/h5,10-12,20H,2-4,6-9,23H2,1H3. The third-order valence-electron chi connectivity index (χ3n) is 5.22. The number of fused-ring (bicyclic) bond motifs is 1. The van der Waals surface area contributed by atoms with Crippen LogP contribution in [0.5, 0.6) is 5.75 Å². The minimum absolute atomic E-state index is 0.433. The fraction of sp³-hybridized carbons (Fsp3) is 0.450. The molecule has 150 valence electrons. The summed E-state index contributed by atoms with van der Waals surface area (Å²) in [6.45, 7) is 6.66. The zero-order chi connectivity index (χ0) is 19.7. The Morgan fingerprint density at radius 2 is 2.00 bits per heavy atom. The lowest BCUT2D eigenvalue weighted by atomic mass is 10.0. The first kappa shape index (κ1) is 20.0. The van der Waals surface area contributed by atoms with Crippen molar-refractivity contribution in [2.45, 2.75) is 26.1 Å². The van der Waals surface area contributed by atoms with Crippen molar-refractivity contribution in [3.05, 3.63) is 44.8 Å². The summed E-state index contributed by atoms with van der Waals surface area (Å²) in [4.78, 5) is 9.22. The molecule has 2 aromatic rings. The Bertz CT molecular complexity index is 879. The molecule has 1 aromatic carbocycles. The van der Waals surface area contributed by atoms with E-state index in [1.807, 2.05) is 6.07 Å². The molecule has 2 aliphatic rings. The zero-order valence-corrected chi connectivity index (χ0v) is 18.2. The Hall–Kier alpha value is -1.31. The van der Waals surface area contributed by atoms with Crippen molar-refractivity contribution in [2.24, 2.45) is 10.7 Å². The fourth-order valence-electron chi connectivity index (χ4n) is 3.75. The number of ether oxygens (including phenoxy) is 1. The van der Waals surface area contributed by atoms with Gasteiger partial charge in [0.05, 0.1) is 15.8 Å². The van der Waals surface area contributed by atoms with Crippen LogP contribution in [0.3, 0.4) is 0 Å². The number of nitrogens with zero attached hydrogens (tertiary/aromatic N) is 3. The molecule has 1 fully saturated rings. The van der Waals surface area contributed by atoms with Crippen LogP contribution in [0.4, 0.5) is 5.00 Å². The molecule has 0 aliphatic carbocycles. The van der Waals surface area contributed by atoms with Gasteiger partial charge >= 0.3 is 0 Å². The molecule has 0 amide bonds. The summed E-state index contributed by atoms with van der Waals surface area (Å²) in [6, 6.07) is 5.69. The summed E-state index contributed by atoms with van der Waals surface area (Å²) in [5.74, 6) is 0.631. The third kappa shape index (κ3) is 3.89. The van der Waals surface area contributed by atoms with Crippen molar-refractivity contribution in [3.8, 4) is 5.75 Å². The molecule has 0 bridgehead atoms. The summed E-state index contributed by atoms with van der Waals surface area (Å²) in [6.07, 6.45) is 2.10. The predicted octanol–water partition coefficient (Wildman–Crippen LogP) is 4.45. The molecule has 2 aliphatic heterocycles. The third-order valence-corrected chi connectivity index (χ3v) is 6.78. The maximum absolute atomic E-state index is 6.54. The van der Waals surface area contributed by atoms with Gasteiger partial charge in [0.1, 0.15) is 17.4 Å². The number of likely N-dealkylation sites (tertiary alicyclic amines) is 1. The second kappa shape index (κ2) is 8.59. The van der Waals surface area contributed by atoms with Crippen LogP contribution >= 0.6 is 34.5 Å². The molecular formula is C20H24Cl2N4OS. The summed E-state index contributed by atoms with van der Waals surface area (Å²) < 4.78 is 6.00. The Balaban J connectivity index is 1.61. The number of benzene rings is 1. The number of aliphatic imine (C=N–C) groups is 1. The van der Waals surface area contributed by atoms with Gasteiger partial charge in [-0.05, 0) is 56.4 Å². The number of hydrogen-bond donors (Lipinski definition) is 1. The number of halogens is 2.